The second kappa shape index (κ2) is 4.55. The van der Waals surface area contributed by atoms with Crippen molar-refractivity contribution >= 4 is 0 Å². The molecule has 4 heteroatoms. The van der Waals surface area contributed by atoms with Crippen LogP contribution in [0.3, 0.4) is 0 Å². The van der Waals surface area contributed by atoms with Crippen LogP contribution >= 0.6 is 0 Å². The lowest BCUT2D eigenvalue weighted by Crippen LogP contribution is -2.26. The van der Waals surface area contributed by atoms with Gasteiger partial charge in [-0.1, -0.05) is 0 Å². The summed E-state index contributed by atoms with van der Waals surface area (Å²) in [7, 11) is 0. The fourth-order valence-corrected chi connectivity index (χ4v) is 2.66. The molecule has 0 atom stereocenters. The SMILES string of the molecule is c1nc2c(n1CC1CCOCC1)CCNC2. The molecule has 0 bridgehead atoms. The highest BCUT2D eigenvalue weighted by molar-refractivity contribution is 5.16. The Hall–Kier alpha value is -0.870. The van der Waals surface area contributed by atoms with Gasteiger partial charge in [0.15, 0.2) is 0 Å². The summed E-state index contributed by atoms with van der Waals surface area (Å²) in [5, 5.41) is 3.36. The van der Waals surface area contributed by atoms with Gasteiger partial charge in [-0.15, -0.1) is 0 Å². The van der Waals surface area contributed by atoms with Crippen molar-refractivity contribution in [1.82, 2.24) is 14.9 Å². The summed E-state index contributed by atoms with van der Waals surface area (Å²) in [5.74, 6) is 0.780. The third kappa shape index (κ3) is 1.99. The Bertz CT molecular complexity index is 355. The molecule has 16 heavy (non-hydrogen) atoms. The number of hydrogen-bond donors (Lipinski definition) is 1. The van der Waals surface area contributed by atoms with Crippen LogP contribution in [0.5, 0.6) is 0 Å². The lowest BCUT2D eigenvalue weighted by Gasteiger charge is -2.24. The molecule has 1 saturated heterocycles. The normalized spacial score (nSPS) is 22.0. The smallest absolute Gasteiger partial charge is 0.0952 e. The summed E-state index contributed by atoms with van der Waals surface area (Å²) in [6, 6.07) is 0. The average Bonchev–Trinajstić information content (AvgIpc) is 2.74. The molecular weight excluding hydrogens is 202 g/mol. The molecule has 1 N–H and O–H groups in total. The summed E-state index contributed by atoms with van der Waals surface area (Å²) in [4.78, 5) is 4.49. The Labute approximate surface area is 96.0 Å². The third-order valence-corrected chi connectivity index (χ3v) is 3.66. The standard InChI is InChI=1S/C12H19N3O/c1-4-13-7-11-12(1)15(9-14-11)8-10-2-5-16-6-3-10/h9-10,13H,1-8H2. The summed E-state index contributed by atoms with van der Waals surface area (Å²) in [6.07, 6.45) is 5.54. The average molecular weight is 221 g/mol. The van der Waals surface area contributed by atoms with Gasteiger partial charge in [-0.3, -0.25) is 0 Å². The predicted molar refractivity (Wildman–Crippen MR) is 61.2 cm³/mol. The zero-order valence-electron chi connectivity index (χ0n) is 9.61. The molecule has 3 heterocycles. The predicted octanol–water partition coefficient (Wildman–Crippen LogP) is 0.955. The summed E-state index contributed by atoms with van der Waals surface area (Å²) in [5.41, 5.74) is 2.70. The number of aromatic nitrogens is 2. The van der Waals surface area contributed by atoms with E-state index < -0.39 is 0 Å². The van der Waals surface area contributed by atoms with Crippen molar-refractivity contribution in [3.05, 3.63) is 17.7 Å². The van der Waals surface area contributed by atoms with E-state index >= 15 is 0 Å². The van der Waals surface area contributed by atoms with Crippen LogP contribution in [0.15, 0.2) is 6.33 Å². The minimum Gasteiger partial charge on any atom is -0.381 e. The van der Waals surface area contributed by atoms with Crippen molar-refractivity contribution < 1.29 is 4.74 Å². The Balaban J connectivity index is 1.71. The van der Waals surface area contributed by atoms with E-state index in [0.29, 0.717) is 0 Å². The first-order valence-electron chi connectivity index (χ1n) is 6.25. The minimum atomic E-state index is 0.780. The highest BCUT2D eigenvalue weighted by atomic mass is 16.5. The van der Waals surface area contributed by atoms with E-state index in [9.17, 15) is 0 Å². The maximum absolute atomic E-state index is 5.40. The minimum absolute atomic E-state index is 0.780. The topological polar surface area (TPSA) is 39.1 Å². The van der Waals surface area contributed by atoms with E-state index in [-0.39, 0.29) is 0 Å². The van der Waals surface area contributed by atoms with Gasteiger partial charge in [0.2, 0.25) is 0 Å². The molecule has 0 spiro atoms. The van der Waals surface area contributed by atoms with E-state index in [1.54, 1.807) is 0 Å². The molecule has 0 amide bonds. The van der Waals surface area contributed by atoms with Crippen molar-refractivity contribution in [2.75, 3.05) is 19.8 Å². The summed E-state index contributed by atoms with van der Waals surface area (Å²) < 4.78 is 7.76. The van der Waals surface area contributed by atoms with Crippen LogP contribution < -0.4 is 5.32 Å². The van der Waals surface area contributed by atoms with Gasteiger partial charge in [0.25, 0.3) is 0 Å². The fourth-order valence-electron chi connectivity index (χ4n) is 2.66. The van der Waals surface area contributed by atoms with Crippen molar-refractivity contribution in [2.24, 2.45) is 5.92 Å². The zero-order chi connectivity index (χ0) is 10.8. The lowest BCUT2D eigenvalue weighted by atomic mass is 10.00. The van der Waals surface area contributed by atoms with E-state index in [2.05, 4.69) is 14.9 Å². The number of nitrogens with one attached hydrogen (secondary N) is 1. The lowest BCUT2D eigenvalue weighted by molar-refractivity contribution is 0.0610. The Morgan fingerprint density at radius 1 is 1.44 bits per heavy atom. The molecule has 1 aromatic rings. The monoisotopic (exact) mass is 221 g/mol. The first-order valence-corrected chi connectivity index (χ1v) is 6.25. The molecule has 0 aliphatic carbocycles. The number of imidazole rings is 1. The molecule has 1 fully saturated rings. The van der Waals surface area contributed by atoms with Crippen LogP contribution in [0.2, 0.25) is 0 Å². The van der Waals surface area contributed by atoms with Gasteiger partial charge >= 0.3 is 0 Å². The molecule has 88 valence electrons. The van der Waals surface area contributed by atoms with E-state index in [1.165, 1.54) is 24.2 Å². The quantitative estimate of drug-likeness (QED) is 0.808. The van der Waals surface area contributed by atoms with Crippen LogP contribution in [0.4, 0.5) is 0 Å². The van der Waals surface area contributed by atoms with Crippen molar-refractivity contribution in [2.45, 2.75) is 32.4 Å². The molecular formula is C12H19N3O. The number of hydrogen-bond acceptors (Lipinski definition) is 3. The van der Waals surface area contributed by atoms with Crippen LogP contribution in [-0.4, -0.2) is 29.3 Å². The highest BCUT2D eigenvalue weighted by Gasteiger charge is 2.19. The third-order valence-electron chi connectivity index (χ3n) is 3.66. The molecule has 0 radical (unpaired) electrons. The molecule has 2 aliphatic rings. The van der Waals surface area contributed by atoms with Gasteiger partial charge in [0.1, 0.15) is 0 Å². The largest absolute Gasteiger partial charge is 0.381 e. The van der Waals surface area contributed by atoms with E-state index in [4.69, 9.17) is 4.74 Å². The molecule has 0 saturated carbocycles. The van der Waals surface area contributed by atoms with Crippen LogP contribution in [-0.2, 0) is 24.2 Å². The maximum atomic E-state index is 5.40. The summed E-state index contributed by atoms with van der Waals surface area (Å²) in [6.45, 7) is 5.03. The Morgan fingerprint density at radius 3 is 3.19 bits per heavy atom. The second-order valence-corrected chi connectivity index (χ2v) is 4.77. The van der Waals surface area contributed by atoms with Gasteiger partial charge in [-0.2, -0.15) is 0 Å². The number of fused-ring (bicyclic) bond motifs is 1. The zero-order valence-corrected chi connectivity index (χ0v) is 9.61. The van der Waals surface area contributed by atoms with Gasteiger partial charge in [-0.05, 0) is 18.8 Å². The number of nitrogens with zero attached hydrogens (tertiary/aromatic N) is 2. The Kier molecular flexibility index (Phi) is 2.93. The first-order chi connectivity index (χ1) is 7.93. The van der Waals surface area contributed by atoms with Crippen molar-refractivity contribution in [1.29, 1.82) is 0 Å². The molecule has 3 rings (SSSR count). The first kappa shape index (κ1) is 10.3. The molecule has 0 unspecified atom stereocenters. The molecule has 1 aromatic heterocycles. The van der Waals surface area contributed by atoms with Crippen molar-refractivity contribution in [3.8, 4) is 0 Å². The second-order valence-electron chi connectivity index (χ2n) is 4.77. The van der Waals surface area contributed by atoms with E-state index in [1.807, 2.05) is 6.33 Å². The fraction of sp³-hybridized carbons (Fsp3) is 0.750. The summed E-state index contributed by atoms with van der Waals surface area (Å²) >= 11 is 0. The number of rotatable bonds is 2. The van der Waals surface area contributed by atoms with Gasteiger partial charge in [0, 0.05) is 45.0 Å². The maximum Gasteiger partial charge on any atom is 0.0952 e. The molecule has 4 nitrogen and oxygen atoms in total. The molecule has 2 aliphatic heterocycles. The van der Waals surface area contributed by atoms with Crippen molar-refractivity contribution in [3.63, 3.8) is 0 Å². The van der Waals surface area contributed by atoms with E-state index in [0.717, 1.165) is 45.2 Å². The van der Waals surface area contributed by atoms with Crippen LogP contribution in [0, 0.1) is 5.92 Å². The highest BCUT2D eigenvalue weighted by Crippen LogP contribution is 2.20. The van der Waals surface area contributed by atoms with Crippen LogP contribution in [0.25, 0.3) is 0 Å². The van der Waals surface area contributed by atoms with Crippen LogP contribution in [0.1, 0.15) is 24.2 Å². The van der Waals surface area contributed by atoms with Gasteiger partial charge < -0.3 is 14.6 Å². The molecule has 0 aromatic carbocycles. The van der Waals surface area contributed by atoms with Gasteiger partial charge in [0.05, 0.1) is 12.0 Å². The number of ether oxygens (including phenoxy) is 1. The van der Waals surface area contributed by atoms with Gasteiger partial charge in [-0.25, -0.2) is 4.98 Å². The Morgan fingerprint density at radius 2 is 2.31 bits per heavy atom.